The molecule has 0 aliphatic carbocycles. The number of rotatable bonds is 4. The van der Waals surface area contributed by atoms with Crippen molar-refractivity contribution in [2.45, 2.75) is 12.0 Å². The normalized spacial score (nSPS) is 18.8. The van der Waals surface area contributed by atoms with Gasteiger partial charge in [0.25, 0.3) is 0 Å². The summed E-state index contributed by atoms with van der Waals surface area (Å²) in [6.45, 7) is 0.764. The molecule has 3 heteroatoms. The molecule has 2 N–H and O–H groups in total. The molecule has 0 bridgehead atoms. The number of amides is 1. The van der Waals surface area contributed by atoms with E-state index < -0.39 is 5.91 Å². The number of ether oxygens (including phenoxy) is 1. The quantitative estimate of drug-likeness (QED) is 0.850. The SMILES string of the molecule is NC(=O)c1cccc(C(c2ccccc2)C2CO2)c1. The largest absolute Gasteiger partial charge is 0.372 e. The van der Waals surface area contributed by atoms with E-state index >= 15 is 0 Å². The van der Waals surface area contributed by atoms with E-state index in [9.17, 15) is 4.79 Å². The van der Waals surface area contributed by atoms with Gasteiger partial charge in [-0.2, -0.15) is 0 Å². The van der Waals surface area contributed by atoms with Crippen molar-refractivity contribution in [2.24, 2.45) is 5.73 Å². The van der Waals surface area contributed by atoms with E-state index in [0.29, 0.717) is 5.56 Å². The van der Waals surface area contributed by atoms with Crippen LogP contribution in [0.25, 0.3) is 0 Å². The van der Waals surface area contributed by atoms with Crippen molar-refractivity contribution in [1.29, 1.82) is 0 Å². The molecule has 0 spiro atoms. The molecule has 3 nitrogen and oxygen atoms in total. The molecule has 1 amide bonds. The van der Waals surface area contributed by atoms with Gasteiger partial charge in [-0.25, -0.2) is 0 Å². The summed E-state index contributed by atoms with van der Waals surface area (Å²) in [5.41, 5.74) is 8.16. The molecular weight excluding hydrogens is 238 g/mol. The minimum Gasteiger partial charge on any atom is -0.372 e. The summed E-state index contributed by atoms with van der Waals surface area (Å²) in [6, 6.07) is 17.7. The molecule has 2 aromatic carbocycles. The Kier molecular flexibility index (Phi) is 3.05. The van der Waals surface area contributed by atoms with E-state index in [-0.39, 0.29) is 12.0 Å². The van der Waals surface area contributed by atoms with Crippen LogP contribution in [0.4, 0.5) is 0 Å². The van der Waals surface area contributed by atoms with E-state index in [1.54, 1.807) is 6.07 Å². The maximum Gasteiger partial charge on any atom is 0.248 e. The highest BCUT2D eigenvalue weighted by atomic mass is 16.6. The summed E-state index contributed by atoms with van der Waals surface area (Å²) in [6.07, 6.45) is 0.200. The topological polar surface area (TPSA) is 55.6 Å². The van der Waals surface area contributed by atoms with Crippen LogP contribution in [-0.4, -0.2) is 18.6 Å². The third kappa shape index (κ3) is 2.51. The van der Waals surface area contributed by atoms with Gasteiger partial charge in [0.1, 0.15) is 0 Å². The lowest BCUT2D eigenvalue weighted by atomic mass is 9.88. The van der Waals surface area contributed by atoms with E-state index in [2.05, 4.69) is 12.1 Å². The Bertz CT molecular complexity index is 591. The molecule has 2 aromatic rings. The molecule has 1 saturated heterocycles. The van der Waals surface area contributed by atoms with Gasteiger partial charge in [0.15, 0.2) is 0 Å². The van der Waals surface area contributed by atoms with Crippen molar-refractivity contribution < 1.29 is 9.53 Å². The zero-order valence-electron chi connectivity index (χ0n) is 10.5. The monoisotopic (exact) mass is 253 g/mol. The molecule has 0 aromatic heterocycles. The summed E-state index contributed by atoms with van der Waals surface area (Å²) < 4.78 is 5.46. The van der Waals surface area contributed by atoms with Crippen LogP contribution >= 0.6 is 0 Å². The standard InChI is InChI=1S/C16H15NO2/c17-16(18)13-8-4-7-12(9-13)15(14-10-19-14)11-5-2-1-3-6-11/h1-9,14-15H,10H2,(H2,17,18). The highest BCUT2D eigenvalue weighted by Crippen LogP contribution is 2.35. The summed E-state index contributed by atoms with van der Waals surface area (Å²) in [4.78, 5) is 11.3. The van der Waals surface area contributed by atoms with Crippen molar-refractivity contribution in [1.82, 2.24) is 0 Å². The van der Waals surface area contributed by atoms with Crippen molar-refractivity contribution in [3.05, 3.63) is 71.3 Å². The van der Waals surface area contributed by atoms with Gasteiger partial charge in [-0.3, -0.25) is 4.79 Å². The van der Waals surface area contributed by atoms with Gasteiger partial charge in [-0.15, -0.1) is 0 Å². The molecule has 1 aliphatic heterocycles. The second kappa shape index (κ2) is 4.86. The summed E-state index contributed by atoms with van der Waals surface area (Å²) >= 11 is 0. The van der Waals surface area contributed by atoms with Crippen molar-refractivity contribution in [3.63, 3.8) is 0 Å². The highest BCUT2D eigenvalue weighted by Gasteiger charge is 2.35. The van der Waals surface area contributed by atoms with Crippen LogP contribution < -0.4 is 5.73 Å². The molecule has 1 heterocycles. The fraction of sp³-hybridized carbons (Fsp3) is 0.188. The first kappa shape index (κ1) is 11.9. The number of primary amides is 1. The Labute approximate surface area is 112 Å². The Morgan fingerprint density at radius 1 is 1.11 bits per heavy atom. The number of hydrogen-bond acceptors (Lipinski definition) is 2. The molecule has 2 atom stereocenters. The fourth-order valence-electron chi connectivity index (χ4n) is 2.42. The maximum absolute atomic E-state index is 11.3. The third-order valence-corrected chi connectivity index (χ3v) is 3.42. The summed E-state index contributed by atoms with van der Waals surface area (Å²) in [5.74, 6) is -0.231. The molecule has 1 aliphatic rings. The van der Waals surface area contributed by atoms with Gasteiger partial charge in [0, 0.05) is 11.5 Å². The first-order chi connectivity index (χ1) is 9.25. The average molecular weight is 253 g/mol. The predicted octanol–water partition coefficient (Wildman–Crippen LogP) is 2.32. The van der Waals surface area contributed by atoms with Crippen LogP contribution in [0, 0.1) is 0 Å². The Morgan fingerprint density at radius 3 is 2.42 bits per heavy atom. The van der Waals surface area contributed by atoms with Gasteiger partial charge in [0.05, 0.1) is 12.7 Å². The first-order valence-corrected chi connectivity index (χ1v) is 6.32. The van der Waals surface area contributed by atoms with E-state index in [1.807, 2.05) is 36.4 Å². The molecule has 96 valence electrons. The highest BCUT2D eigenvalue weighted by molar-refractivity contribution is 5.92. The van der Waals surface area contributed by atoms with Crippen LogP contribution in [0.2, 0.25) is 0 Å². The minimum atomic E-state index is -0.398. The zero-order chi connectivity index (χ0) is 13.2. The van der Waals surface area contributed by atoms with Crippen LogP contribution in [0.1, 0.15) is 27.4 Å². The van der Waals surface area contributed by atoms with Gasteiger partial charge >= 0.3 is 0 Å². The number of carbonyl (C=O) groups is 1. The van der Waals surface area contributed by atoms with Gasteiger partial charge in [0.2, 0.25) is 5.91 Å². The van der Waals surface area contributed by atoms with Crippen LogP contribution in [0.5, 0.6) is 0 Å². The van der Waals surface area contributed by atoms with Crippen LogP contribution in [-0.2, 0) is 4.74 Å². The number of epoxide rings is 1. The van der Waals surface area contributed by atoms with E-state index in [4.69, 9.17) is 10.5 Å². The lowest BCUT2D eigenvalue weighted by Crippen LogP contribution is -2.13. The lowest BCUT2D eigenvalue weighted by Gasteiger charge is -2.16. The van der Waals surface area contributed by atoms with Crippen molar-refractivity contribution >= 4 is 5.91 Å². The second-order valence-electron chi connectivity index (χ2n) is 4.75. The maximum atomic E-state index is 11.3. The minimum absolute atomic E-state index is 0.167. The Hall–Kier alpha value is -2.13. The molecule has 3 rings (SSSR count). The molecular formula is C16H15NO2. The lowest BCUT2D eigenvalue weighted by molar-refractivity contribution is 0.1000. The third-order valence-electron chi connectivity index (χ3n) is 3.42. The molecule has 0 radical (unpaired) electrons. The number of benzene rings is 2. The Morgan fingerprint density at radius 2 is 1.79 bits per heavy atom. The smallest absolute Gasteiger partial charge is 0.248 e. The van der Waals surface area contributed by atoms with Crippen LogP contribution in [0.3, 0.4) is 0 Å². The summed E-state index contributed by atoms with van der Waals surface area (Å²) in [5, 5.41) is 0. The predicted molar refractivity (Wildman–Crippen MR) is 73.0 cm³/mol. The molecule has 0 saturated carbocycles. The molecule has 2 unspecified atom stereocenters. The fourth-order valence-corrected chi connectivity index (χ4v) is 2.42. The first-order valence-electron chi connectivity index (χ1n) is 6.32. The van der Waals surface area contributed by atoms with E-state index in [0.717, 1.165) is 12.2 Å². The molecule has 1 fully saturated rings. The zero-order valence-corrected chi connectivity index (χ0v) is 10.5. The second-order valence-corrected chi connectivity index (χ2v) is 4.75. The van der Waals surface area contributed by atoms with Gasteiger partial charge in [-0.1, -0.05) is 42.5 Å². The van der Waals surface area contributed by atoms with E-state index in [1.165, 1.54) is 5.56 Å². The number of carbonyl (C=O) groups excluding carboxylic acids is 1. The summed E-state index contributed by atoms with van der Waals surface area (Å²) in [7, 11) is 0. The van der Waals surface area contributed by atoms with Crippen molar-refractivity contribution in [3.8, 4) is 0 Å². The van der Waals surface area contributed by atoms with Crippen LogP contribution in [0.15, 0.2) is 54.6 Å². The number of nitrogens with two attached hydrogens (primary N) is 1. The Balaban J connectivity index is 2.01. The molecule has 19 heavy (non-hydrogen) atoms. The van der Waals surface area contributed by atoms with Gasteiger partial charge in [-0.05, 0) is 23.3 Å². The number of hydrogen-bond donors (Lipinski definition) is 1. The average Bonchev–Trinajstić information content (AvgIpc) is 3.25. The van der Waals surface area contributed by atoms with Crippen molar-refractivity contribution in [2.75, 3.05) is 6.61 Å². The van der Waals surface area contributed by atoms with Gasteiger partial charge < -0.3 is 10.5 Å².